The van der Waals surface area contributed by atoms with Gasteiger partial charge in [-0.2, -0.15) is 0 Å². The number of nitrogens with zero attached hydrogens (tertiary/aromatic N) is 1. The molecule has 1 N–H and O–H groups in total. The molecule has 0 atom stereocenters. The highest BCUT2D eigenvalue weighted by Gasteiger charge is 2.03. The maximum Gasteiger partial charge on any atom is 0.407 e. The van der Waals surface area contributed by atoms with Crippen molar-refractivity contribution in [3.8, 4) is 0 Å². The molecule has 0 aliphatic heterocycles. The molecule has 1 aromatic heterocycles. The number of pyridine rings is 1. The SMILES string of the molecule is CCCCOC(=O)NCc1cc2cc(Br)ccc2cn1. The van der Waals surface area contributed by atoms with Gasteiger partial charge in [0.25, 0.3) is 0 Å². The van der Waals surface area contributed by atoms with Crippen LogP contribution < -0.4 is 5.32 Å². The van der Waals surface area contributed by atoms with Crippen LogP contribution in [0.4, 0.5) is 4.79 Å². The summed E-state index contributed by atoms with van der Waals surface area (Å²) in [5, 5.41) is 4.86. The summed E-state index contributed by atoms with van der Waals surface area (Å²) >= 11 is 3.44. The average Bonchev–Trinajstić information content (AvgIpc) is 2.45. The number of unbranched alkanes of at least 4 members (excludes halogenated alkanes) is 1. The molecule has 0 aliphatic carbocycles. The third-order valence-corrected chi connectivity index (χ3v) is 3.38. The highest BCUT2D eigenvalue weighted by molar-refractivity contribution is 9.10. The number of ether oxygens (including phenoxy) is 1. The molecule has 0 bridgehead atoms. The number of alkyl carbamates (subject to hydrolysis) is 1. The largest absolute Gasteiger partial charge is 0.450 e. The molecule has 0 saturated carbocycles. The normalized spacial score (nSPS) is 10.5. The molecule has 1 heterocycles. The van der Waals surface area contributed by atoms with Crippen LogP contribution >= 0.6 is 15.9 Å². The number of amides is 1. The Kier molecular flexibility index (Phi) is 5.35. The molecule has 1 amide bonds. The summed E-state index contributed by atoms with van der Waals surface area (Å²) in [5.41, 5.74) is 0.808. The molecule has 0 unspecified atom stereocenters. The topological polar surface area (TPSA) is 51.2 Å². The third kappa shape index (κ3) is 4.20. The number of hydrogen-bond donors (Lipinski definition) is 1. The van der Waals surface area contributed by atoms with Crippen LogP contribution in [-0.4, -0.2) is 17.7 Å². The van der Waals surface area contributed by atoms with Crippen molar-refractivity contribution in [1.82, 2.24) is 10.3 Å². The van der Waals surface area contributed by atoms with Crippen molar-refractivity contribution in [3.63, 3.8) is 0 Å². The highest BCUT2D eigenvalue weighted by atomic mass is 79.9. The Labute approximate surface area is 126 Å². The first-order valence-corrected chi connectivity index (χ1v) is 7.43. The van der Waals surface area contributed by atoms with E-state index in [0.717, 1.165) is 33.8 Å². The summed E-state index contributed by atoms with van der Waals surface area (Å²) in [4.78, 5) is 15.8. The smallest absolute Gasteiger partial charge is 0.407 e. The van der Waals surface area contributed by atoms with E-state index in [2.05, 4.69) is 33.2 Å². The van der Waals surface area contributed by atoms with E-state index in [-0.39, 0.29) is 0 Å². The predicted octanol–water partition coefficient (Wildman–Crippen LogP) is 4.02. The van der Waals surface area contributed by atoms with Gasteiger partial charge in [0.15, 0.2) is 0 Å². The standard InChI is InChI=1S/C15H17BrN2O2/c1-2-3-6-20-15(19)18-10-14-8-12-7-13(16)5-4-11(12)9-17-14/h4-5,7-9H,2-3,6,10H2,1H3,(H,18,19). The van der Waals surface area contributed by atoms with Gasteiger partial charge in [-0.05, 0) is 30.0 Å². The summed E-state index contributed by atoms with van der Waals surface area (Å²) in [6.45, 7) is 2.88. The number of rotatable bonds is 5. The van der Waals surface area contributed by atoms with Crippen LogP contribution in [0.3, 0.4) is 0 Å². The van der Waals surface area contributed by atoms with Gasteiger partial charge in [0.05, 0.1) is 18.8 Å². The Bertz CT molecular complexity index is 601. The quantitative estimate of drug-likeness (QED) is 0.839. The van der Waals surface area contributed by atoms with Crippen LogP contribution in [0.2, 0.25) is 0 Å². The maximum atomic E-state index is 11.4. The van der Waals surface area contributed by atoms with E-state index in [4.69, 9.17) is 4.74 Å². The molecule has 0 aliphatic rings. The summed E-state index contributed by atoms with van der Waals surface area (Å²) in [6.07, 6.45) is 3.31. The summed E-state index contributed by atoms with van der Waals surface area (Å²) in [7, 11) is 0. The van der Waals surface area contributed by atoms with Crippen LogP contribution in [0, 0.1) is 0 Å². The van der Waals surface area contributed by atoms with Gasteiger partial charge in [-0.1, -0.05) is 35.3 Å². The Morgan fingerprint density at radius 1 is 1.35 bits per heavy atom. The fraction of sp³-hybridized carbons (Fsp3) is 0.333. The number of nitrogens with one attached hydrogen (secondary N) is 1. The second kappa shape index (κ2) is 7.24. The van der Waals surface area contributed by atoms with Crippen molar-refractivity contribution in [1.29, 1.82) is 0 Å². The van der Waals surface area contributed by atoms with Gasteiger partial charge < -0.3 is 10.1 Å². The lowest BCUT2D eigenvalue weighted by Gasteiger charge is -2.07. The van der Waals surface area contributed by atoms with Crippen LogP contribution in [-0.2, 0) is 11.3 Å². The molecule has 106 valence electrons. The van der Waals surface area contributed by atoms with E-state index in [9.17, 15) is 4.79 Å². The third-order valence-electron chi connectivity index (χ3n) is 2.89. The minimum absolute atomic E-state index is 0.368. The van der Waals surface area contributed by atoms with Gasteiger partial charge in [0, 0.05) is 16.1 Å². The van der Waals surface area contributed by atoms with Crippen molar-refractivity contribution in [3.05, 3.63) is 40.6 Å². The second-order valence-electron chi connectivity index (χ2n) is 4.51. The summed E-state index contributed by atoms with van der Waals surface area (Å²) < 4.78 is 6.05. The molecule has 0 saturated heterocycles. The maximum absolute atomic E-state index is 11.4. The molecule has 2 rings (SSSR count). The van der Waals surface area contributed by atoms with E-state index in [1.165, 1.54) is 0 Å². The molecule has 1 aromatic carbocycles. The highest BCUT2D eigenvalue weighted by Crippen LogP contribution is 2.19. The number of halogens is 1. The molecule has 0 radical (unpaired) electrons. The molecule has 4 nitrogen and oxygen atoms in total. The summed E-state index contributed by atoms with van der Waals surface area (Å²) in [6, 6.07) is 7.97. The molecule has 2 aromatic rings. The minimum atomic E-state index is -0.394. The zero-order valence-corrected chi connectivity index (χ0v) is 12.9. The first kappa shape index (κ1) is 14.8. The molecule has 0 fully saturated rings. The number of benzene rings is 1. The summed E-state index contributed by atoms with van der Waals surface area (Å²) in [5.74, 6) is 0. The van der Waals surface area contributed by atoms with Crippen LogP contribution in [0.15, 0.2) is 34.9 Å². The van der Waals surface area contributed by atoms with E-state index < -0.39 is 6.09 Å². The van der Waals surface area contributed by atoms with Gasteiger partial charge in [-0.3, -0.25) is 4.98 Å². The Hall–Kier alpha value is -1.62. The van der Waals surface area contributed by atoms with Gasteiger partial charge in [-0.15, -0.1) is 0 Å². The predicted molar refractivity (Wildman–Crippen MR) is 82.5 cm³/mol. The Morgan fingerprint density at radius 3 is 3.00 bits per heavy atom. The van der Waals surface area contributed by atoms with E-state index in [0.29, 0.717) is 13.2 Å². The van der Waals surface area contributed by atoms with Crippen molar-refractivity contribution in [2.45, 2.75) is 26.3 Å². The Morgan fingerprint density at radius 2 is 2.20 bits per heavy atom. The first-order chi connectivity index (χ1) is 9.69. The lowest BCUT2D eigenvalue weighted by Crippen LogP contribution is -2.24. The monoisotopic (exact) mass is 336 g/mol. The first-order valence-electron chi connectivity index (χ1n) is 6.64. The van der Waals surface area contributed by atoms with Crippen LogP contribution in [0.1, 0.15) is 25.5 Å². The molecular weight excluding hydrogens is 320 g/mol. The number of hydrogen-bond acceptors (Lipinski definition) is 3. The van der Waals surface area contributed by atoms with E-state index in [1.807, 2.05) is 24.3 Å². The van der Waals surface area contributed by atoms with Crippen molar-refractivity contribution in [2.24, 2.45) is 0 Å². The van der Waals surface area contributed by atoms with Crippen LogP contribution in [0.25, 0.3) is 10.8 Å². The molecular formula is C15H17BrN2O2. The molecule has 5 heteroatoms. The van der Waals surface area contributed by atoms with Gasteiger partial charge in [0.1, 0.15) is 0 Å². The van der Waals surface area contributed by atoms with Crippen molar-refractivity contribution in [2.75, 3.05) is 6.61 Å². The second-order valence-corrected chi connectivity index (χ2v) is 5.43. The van der Waals surface area contributed by atoms with E-state index >= 15 is 0 Å². The van der Waals surface area contributed by atoms with Crippen molar-refractivity contribution >= 4 is 32.8 Å². The number of carbonyl (C=O) groups is 1. The van der Waals surface area contributed by atoms with Gasteiger partial charge >= 0.3 is 6.09 Å². The zero-order valence-electron chi connectivity index (χ0n) is 11.4. The fourth-order valence-corrected chi connectivity index (χ4v) is 2.16. The number of aromatic nitrogens is 1. The minimum Gasteiger partial charge on any atom is -0.450 e. The lowest BCUT2D eigenvalue weighted by molar-refractivity contribution is 0.144. The average molecular weight is 337 g/mol. The molecule has 20 heavy (non-hydrogen) atoms. The number of carbonyl (C=O) groups excluding carboxylic acids is 1. The Balaban J connectivity index is 1.94. The fourth-order valence-electron chi connectivity index (χ4n) is 1.78. The number of fused-ring (bicyclic) bond motifs is 1. The van der Waals surface area contributed by atoms with Gasteiger partial charge in [-0.25, -0.2) is 4.79 Å². The van der Waals surface area contributed by atoms with Crippen LogP contribution in [0.5, 0.6) is 0 Å². The van der Waals surface area contributed by atoms with Crippen molar-refractivity contribution < 1.29 is 9.53 Å². The molecule has 0 spiro atoms. The lowest BCUT2D eigenvalue weighted by atomic mass is 10.1. The van der Waals surface area contributed by atoms with Gasteiger partial charge in [0.2, 0.25) is 0 Å². The zero-order chi connectivity index (χ0) is 14.4. The van der Waals surface area contributed by atoms with E-state index in [1.54, 1.807) is 6.20 Å².